The highest BCUT2D eigenvalue weighted by molar-refractivity contribution is 6.58. The summed E-state index contributed by atoms with van der Waals surface area (Å²) in [5.74, 6) is 0.712. The Kier molecular flexibility index (Phi) is 4.48. The number of ether oxygens (including phenoxy) is 1. The third-order valence-electron chi connectivity index (χ3n) is 2.78. The molecule has 98 valence electrons. The fourth-order valence-corrected chi connectivity index (χ4v) is 2.00. The molecule has 0 saturated carbocycles. The Balaban J connectivity index is 2.07. The van der Waals surface area contributed by atoms with Gasteiger partial charge in [0, 0.05) is 5.02 Å². The summed E-state index contributed by atoms with van der Waals surface area (Å²) in [6.45, 7) is 2.28. The molecular formula is C14H14BClO3. The summed E-state index contributed by atoms with van der Waals surface area (Å²) in [4.78, 5) is 0. The molecule has 0 fully saturated rings. The Morgan fingerprint density at radius 1 is 1.16 bits per heavy atom. The highest BCUT2D eigenvalue weighted by atomic mass is 35.5. The molecule has 0 radical (unpaired) electrons. The van der Waals surface area contributed by atoms with Crippen molar-refractivity contribution in [2.75, 3.05) is 0 Å². The van der Waals surface area contributed by atoms with Gasteiger partial charge in [-0.05, 0) is 41.7 Å². The van der Waals surface area contributed by atoms with Crippen LogP contribution in [0.5, 0.6) is 5.75 Å². The molecule has 2 aromatic rings. The minimum absolute atomic E-state index is 0.419. The molecule has 0 aliphatic carbocycles. The van der Waals surface area contributed by atoms with Crippen LogP contribution in [0.3, 0.4) is 0 Å². The maximum Gasteiger partial charge on any atom is 0.488 e. The van der Waals surface area contributed by atoms with Gasteiger partial charge in [-0.1, -0.05) is 35.9 Å². The number of rotatable bonds is 4. The summed E-state index contributed by atoms with van der Waals surface area (Å²) in [6, 6.07) is 12.5. The molecule has 0 bridgehead atoms. The largest absolute Gasteiger partial charge is 0.489 e. The maximum absolute atomic E-state index is 9.08. The number of hydrogen-bond acceptors (Lipinski definition) is 3. The van der Waals surface area contributed by atoms with Gasteiger partial charge in [0.25, 0.3) is 0 Å². The Hall–Kier alpha value is -1.49. The number of hydrogen-bond donors (Lipinski definition) is 2. The number of benzene rings is 2. The average Bonchev–Trinajstić information content (AvgIpc) is 2.37. The molecule has 0 atom stereocenters. The molecule has 19 heavy (non-hydrogen) atoms. The van der Waals surface area contributed by atoms with Crippen molar-refractivity contribution in [3.63, 3.8) is 0 Å². The first-order valence-corrected chi connectivity index (χ1v) is 6.28. The van der Waals surface area contributed by atoms with Crippen LogP contribution in [0.4, 0.5) is 0 Å². The fourth-order valence-electron chi connectivity index (χ4n) is 1.78. The first-order valence-electron chi connectivity index (χ1n) is 5.90. The lowest BCUT2D eigenvalue weighted by Crippen LogP contribution is -2.29. The zero-order chi connectivity index (χ0) is 13.8. The van der Waals surface area contributed by atoms with E-state index in [1.165, 1.54) is 0 Å². The van der Waals surface area contributed by atoms with Crippen molar-refractivity contribution >= 4 is 24.2 Å². The average molecular weight is 277 g/mol. The van der Waals surface area contributed by atoms with Crippen LogP contribution >= 0.6 is 11.6 Å². The Morgan fingerprint density at radius 3 is 2.58 bits per heavy atom. The second-order valence-corrected chi connectivity index (χ2v) is 4.75. The summed E-state index contributed by atoms with van der Waals surface area (Å²) in [7, 11) is -1.46. The molecule has 0 heterocycles. The van der Waals surface area contributed by atoms with E-state index in [2.05, 4.69) is 0 Å². The monoisotopic (exact) mass is 276 g/mol. The lowest BCUT2D eigenvalue weighted by Gasteiger charge is -2.10. The van der Waals surface area contributed by atoms with Gasteiger partial charge in [-0.3, -0.25) is 0 Å². The van der Waals surface area contributed by atoms with Crippen molar-refractivity contribution in [2.24, 2.45) is 0 Å². The second-order valence-electron chi connectivity index (χ2n) is 4.32. The standard InChI is InChI=1S/C14H14BClO3/c1-10-7-12(15(17)18)5-6-14(10)19-9-11-3-2-4-13(16)8-11/h2-8,17-18H,9H2,1H3. The quantitative estimate of drug-likeness (QED) is 0.839. The van der Waals surface area contributed by atoms with Crippen LogP contribution in [0.2, 0.25) is 5.02 Å². The van der Waals surface area contributed by atoms with E-state index < -0.39 is 7.12 Å². The van der Waals surface area contributed by atoms with Crippen molar-refractivity contribution < 1.29 is 14.8 Å². The molecule has 0 unspecified atom stereocenters. The molecule has 0 saturated heterocycles. The summed E-state index contributed by atoms with van der Waals surface area (Å²) in [5.41, 5.74) is 2.29. The lowest BCUT2D eigenvalue weighted by atomic mass is 9.79. The first kappa shape index (κ1) is 13.9. The summed E-state index contributed by atoms with van der Waals surface area (Å²) >= 11 is 5.90. The van der Waals surface area contributed by atoms with E-state index in [0.717, 1.165) is 11.1 Å². The molecule has 2 N–H and O–H groups in total. The van der Waals surface area contributed by atoms with Crippen LogP contribution in [0.15, 0.2) is 42.5 Å². The van der Waals surface area contributed by atoms with Gasteiger partial charge in [-0.25, -0.2) is 0 Å². The van der Waals surface area contributed by atoms with E-state index in [-0.39, 0.29) is 0 Å². The van der Waals surface area contributed by atoms with Gasteiger partial charge in [-0.2, -0.15) is 0 Å². The normalized spacial score (nSPS) is 10.3. The Bertz CT molecular complexity index is 572. The fraction of sp³-hybridized carbons (Fsp3) is 0.143. The minimum atomic E-state index is -1.46. The molecule has 0 spiro atoms. The van der Waals surface area contributed by atoms with Crippen LogP contribution in [0.1, 0.15) is 11.1 Å². The van der Waals surface area contributed by atoms with E-state index in [1.54, 1.807) is 18.2 Å². The maximum atomic E-state index is 9.08. The molecule has 0 amide bonds. The molecule has 5 heteroatoms. The van der Waals surface area contributed by atoms with Gasteiger partial charge >= 0.3 is 7.12 Å². The smallest absolute Gasteiger partial charge is 0.488 e. The predicted octanol–water partition coefficient (Wildman–Crippen LogP) is 1.91. The number of halogens is 1. The van der Waals surface area contributed by atoms with Crippen molar-refractivity contribution in [1.29, 1.82) is 0 Å². The summed E-state index contributed by atoms with van der Waals surface area (Å²) in [5, 5.41) is 18.8. The van der Waals surface area contributed by atoms with E-state index in [9.17, 15) is 0 Å². The van der Waals surface area contributed by atoms with E-state index in [0.29, 0.717) is 22.8 Å². The SMILES string of the molecule is Cc1cc(B(O)O)ccc1OCc1cccc(Cl)c1. The van der Waals surface area contributed by atoms with Crippen LogP contribution in [0.25, 0.3) is 0 Å². The Labute approximate surface area is 117 Å². The van der Waals surface area contributed by atoms with Crippen LogP contribution < -0.4 is 10.2 Å². The van der Waals surface area contributed by atoms with Gasteiger partial charge < -0.3 is 14.8 Å². The third kappa shape index (κ3) is 3.74. The van der Waals surface area contributed by atoms with E-state index in [1.807, 2.05) is 31.2 Å². The van der Waals surface area contributed by atoms with Crippen LogP contribution in [0, 0.1) is 6.92 Å². The zero-order valence-electron chi connectivity index (χ0n) is 10.5. The predicted molar refractivity (Wildman–Crippen MR) is 76.8 cm³/mol. The van der Waals surface area contributed by atoms with Gasteiger partial charge in [0.05, 0.1) is 0 Å². The van der Waals surface area contributed by atoms with Crippen LogP contribution in [-0.4, -0.2) is 17.2 Å². The minimum Gasteiger partial charge on any atom is -0.489 e. The highest BCUT2D eigenvalue weighted by Crippen LogP contribution is 2.18. The topological polar surface area (TPSA) is 49.7 Å². The molecule has 0 aliphatic heterocycles. The van der Waals surface area contributed by atoms with Gasteiger partial charge in [0.1, 0.15) is 12.4 Å². The van der Waals surface area contributed by atoms with Crippen molar-refractivity contribution in [3.8, 4) is 5.75 Å². The molecular weight excluding hydrogens is 262 g/mol. The second kappa shape index (κ2) is 6.11. The Morgan fingerprint density at radius 2 is 1.95 bits per heavy atom. The number of aryl methyl sites for hydroxylation is 1. The van der Waals surface area contributed by atoms with Crippen molar-refractivity contribution in [2.45, 2.75) is 13.5 Å². The van der Waals surface area contributed by atoms with Crippen molar-refractivity contribution in [1.82, 2.24) is 0 Å². The van der Waals surface area contributed by atoms with Crippen molar-refractivity contribution in [3.05, 3.63) is 58.6 Å². The van der Waals surface area contributed by atoms with E-state index in [4.69, 9.17) is 26.4 Å². The molecule has 2 rings (SSSR count). The highest BCUT2D eigenvalue weighted by Gasteiger charge is 2.12. The first-order chi connectivity index (χ1) is 9.06. The van der Waals surface area contributed by atoms with Crippen LogP contribution in [-0.2, 0) is 6.61 Å². The summed E-state index contributed by atoms with van der Waals surface area (Å²) < 4.78 is 5.69. The molecule has 2 aromatic carbocycles. The van der Waals surface area contributed by atoms with Gasteiger partial charge in [0.2, 0.25) is 0 Å². The third-order valence-corrected chi connectivity index (χ3v) is 3.02. The molecule has 0 aromatic heterocycles. The van der Waals surface area contributed by atoms with Gasteiger partial charge in [-0.15, -0.1) is 0 Å². The zero-order valence-corrected chi connectivity index (χ0v) is 11.3. The summed E-state index contributed by atoms with van der Waals surface area (Å²) in [6.07, 6.45) is 0. The van der Waals surface area contributed by atoms with Gasteiger partial charge in [0.15, 0.2) is 0 Å². The molecule has 0 aliphatic rings. The van der Waals surface area contributed by atoms with E-state index >= 15 is 0 Å². The lowest BCUT2D eigenvalue weighted by molar-refractivity contribution is 0.304. The molecule has 3 nitrogen and oxygen atoms in total.